The van der Waals surface area contributed by atoms with E-state index in [9.17, 15) is 0 Å². The van der Waals surface area contributed by atoms with Gasteiger partial charge < -0.3 is 22.9 Å². The molecule has 1 aromatic carbocycles. The molecule has 6 nitrogen and oxygen atoms in total. The third-order valence-electron chi connectivity index (χ3n) is 2.18. The molecule has 72 valence electrons. The molecule has 0 amide bonds. The normalized spacial score (nSPS) is 10.6. The van der Waals surface area contributed by atoms with E-state index in [4.69, 9.17) is 22.9 Å². The first-order chi connectivity index (χ1) is 6.63. The van der Waals surface area contributed by atoms with Gasteiger partial charge in [0, 0.05) is 10.8 Å². The van der Waals surface area contributed by atoms with E-state index in [1.807, 2.05) is 0 Å². The molecule has 6 heteroatoms. The number of rotatable bonds is 0. The van der Waals surface area contributed by atoms with Crippen molar-refractivity contribution in [2.24, 2.45) is 0 Å². The van der Waals surface area contributed by atoms with Gasteiger partial charge in [0.1, 0.15) is 0 Å². The molecule has 0 aliphatic carbocycles. The predicted octanol–water partition coefficient (Wildman–Crippen LogP) is -0.0414. The van der Waals surface area contributed by atoms with Crippen LogP contribution in [0, 0.1) is 0 Å². The van der Waals surface area contributed by atoms with Crippen LogP contribution in [0.4, 0.5) is 22.7 Å². The fourth-order valence-corrected chi connectivity index (χ4v) is 1.33. The Balaban J connectivity index is 3.02. The first-order valence-electron chi connectivity index (χ1n) is 3.95. The van der Waals surface area contributed by atoms with Gasteiger partial charge in [0.25, 0.3) is 0 Å². The lowest BCUT2D eigenvalue weighted by Crippen LogP contribution is -2.05. The Hall–Kier alpha value is -2.24. The highest BCUT2D eigenvalue weighted by atomic mass is 15.1. The summed E-state index contributed by atoms with van der Waals surface area (Å²) in [6.07, 6.45) is 3.02. The van der Waals surface area contributed by atoms with E-state index in [0.717, 1.165) is 0 Å². The SMILES string of the molecule is Nc1c(N)c(N)c2cnncc2c1N. The Morgan fingerprint density at radius 2 is 1.00 bits per heavy atom. The summed E-state index contributed by atoms with van der Waals surface area (Å²) < 4.78 is 0. The van der Waals surface area contributed by atoms with E-state index in [-0.39, 0.29) is 0 Å². The second-order valence-electron chi connectivity index (χ2n) is 2.97. The molecule has 1 aromatic heterocycles. The molecule has 14 heavy (non-hydrogen) atoms. The second-order valence-corrected chi connectivity index (χ2v) is 2.97. The molecular weight excluding hydrogens is 180 g/mol. The summed E-state index contributed by atoms with van der Waals surface area (Å²) in [5.74, 6) is 0. The zero-order valence-electron chi connectivity index (χ0n) is 7.36. The summed E-state index contributed by atoms with van der Waals surface area (Å²) in [4.78, 5) is 0. The number of anilines is 4. The highest BCUT2D eigenvalue weighted by Gasteiger charge is 2.11. The van der Waals surface area contributed by atoms with Gasteiger partial charge in [-0.3, -0.25) is 0 Å². The van der Waals surface area contributed by atoms with Crippen LogP contribution >= 0.6 is 0 Å². The van der Waals surface area contributed by atoms with Crippen LogP contribution < -0.4 is 22.9 Å². The predicted molar refractivity (Wildman–Crippen MR) is 57.2 cm³/mol. The zero-order chi connectivity index (χ0) is 10.3. The minimum Gasteiger partial charge on any atom is -0.396 e. The van der Waals surface area contributed by atoms with Gasteiger partial charge in [-0.2, -0.15) is 10.2 Å². The quantitative estimate of drug-likeness (QED) is 0.431. The smallest absolute Gasteiger partial charge is 0.0810 e. The molecule has 1 heterocycles. The van der Waals surface area contributed by atoms with Crippen molar-refractivity contribution in [3.63, 3.8) is 0 Å². The lowest BCUT2D eigenvalue weighted by atomic mass is 10.1. The maximum atomic E-state index is 5.76. The standard InChI is InChI=1S/C8H10N6/c9-5-3-1-13-14-2-4(3)6(10)8(12)7(5)11/h1-2H,9-12H2. The van der Waals surface area contributed by atoms with Crippen LogP contribution in [-0.2, 0) is 0 Å². The van der Waals surface area contributed by atoms with Crippen LogP contribution in [0.2, 0.25) is 0 Å². The van der Waals surface area contributed by atoms with Crippen LogP contribution in [-0.4, -0.2) is 10.2 Å². The van der Waals surface area contributed by atoms with E-state index in [2.05, 4.69) is 10.2 Å². The average Bonchev–Trinajstić information content (AvgIpc) is 2.23. The fraction of sp³-hybridized carbons (Fsp3) is 0. The molecule has 0 aliphatic heterocycles. The summed E-state index contributed by atoms with van der Waals surface area (Å²) in [6.45, 7) is 0. The number of aromatic nitrogens is 2. The van der Waals surface area contributed by atoms with Crippen molar-refractivity contribution in [2.45, 2.75) is 0 Å². The Morgan fingerprint density at radius 3 is 1.36 bits per heavy atom. The molecule has 0 unspecified atom stereocenters. The fourth-order valence-electron chi connectivity index (χ4n) is 1.33. The number of nitrogens with two attached hydrogens (primary N) is 4. The Bertz CT molecular complexity index is 460. The summed E-state index contributed by atoms with van der Waals surface area (Å²) in [5.41, 5.74) is 24.2. The lowest BCUT2D eigenvalue weighted by molar-refractivity contribution is 1.05. The van der Waals surface area contributed by atoms with Crippen LogP contribution in [0.3, 0.4) is 0 Å². The molecule has 8 N–H and O–H groups in total. The molecule has 0 aliphatic rings. The maximum absolute atomic E-state index is 5.76. The van der Waals surface area contributed by atoms with E-state index >= 15 is 0 Å². The molecule has 0 spiro atoms. The molecule has 0 fully saturated rings. The Morgan fingerprint density at radius 1 is 0.643 bits per heavy atom. The third kappa shape index (κ3) is 0.905. The number of benzene rings is 1. The summed E-state index contributed by atoms with van der Waals surface area (Å²) in [7, 11) is 0. The third-order valence-corrected chi connectivity index (χ3v) is 2.18. The van der Waals surface area contributed by atoms with Crippen molar-refractivity contribution < 1.29 is 0 Å². The Kier molecular flexibility index (Phi) is 1.57. The average molecular weight is 190 g/mol. The molecular formula is C8H10N6. The number of nitrogen functional groups attached to an aromatic ring is 4. The number of hydrogen-bond donors (Lipinski definition) is 4. The van der Waals surface area contributed by atoms with Crippen LogP contribution in [0.25, 0.3) is 10.8 Å². The van der Waals surface area contributed by atoms with Gasteiger partial charge in [0.15, 0.2) is 0 Å². The number of hydrogen-bond acceptors (Lipinski definition) is 6. The van der Waals surface area contributed by atoms with Crippen molar-refractivity contribution in [2.75, 3.05) is 22.9 Å². The number of fused-ring (bicyclic) bond motifs is 1. The van der Waals surface area contributed by atoms with Gasteiger partial charge in [0.05, 0.1) is 35.1 Å². The van der Waals surface area contributed by atoms with Gasteiger partial charge >= 0.3 is 0 Å². The van der Waals surface area contributed by atoms with E-state index in [0.29, 0.717) is 33.5 Å². The van der Waals surface area contributed by atoms with Crippen LogP contribution in [0.1, 0.15) is 0 Å². The molecule has 2 aromatic rings. The topological polar surface area (TPSA) is 130 Å². The summed E-state index contributed by atoms with van der Waals surface area (Å²) >= 11 is 0. The molecule has 0 saturated heterocycles. The summed E-state index contributed by atoms with van der Waals surface area (Å²) in [5, 5.41) is 8.75. The lowest BCUT2D eigenvalue weighted by Gasteiger charge is -2.11. The monoisotopic (exact) mass is 190 g/mol. The molecule has 2 rings (SSSR count). The van der Waals surface area contributed by atoms with Crippen molar-refractivity contribution >= 4 is 33.5 Å². The minimum atomic E-state index is 0.294. The second kappa shape index (κ2) is 2.63. The molecule has 0 bridgehead atoms. The Labute approximate surface area is 79.9 Å². The maximum Gasteiger partial charge on any atom is 0.0810 e. The largest absolute Gasteiger partial charge is 0.396 e. The van der Waals surface area contributed by atoms with Crippen LogP contribution in [0.5, 0.6) is 0 Å². The summed E-state index contributed by atoms with van der Waals surface area (Å²) in [6, 6.07) is 0. The first-order valence-corrected chi connectivity index (χ1v) is 3.95. The van der Waals surface area contributed by atoms with Crippen molar-refractivity contribution in [3.05, 3.63) is 12.4 Å². The molecule has 0 radical (unpaired) electrons. The first kappa shape index (κ1) is 8.36. The van der Waals surface area contributed by atoms with Gasteiger partial charge in [-0.15, -0.1) is 0 Å². The van der Waals surface area contributed by atoms with E-state index < -0.39 is 0 Å². The van der Waals surface area contributed by atoms with Gasteiger partial charge in [0.2, 0.25) is 0 Å². The highest BCUT2D eigenvalue weighted by Crippen LogP contribution is 2.37. The molecule has 0 saturated carbocycles. The van der Waals surface area contributed by atoms with Crippen LogP contribution in [0.15, 0.2) is 12.4 Å². The zero-order valence-corrected chi connectivity index (χ0v) is 7.36. The van der Waals surface area contributed by atoms with Crippen molar-refractivity contribution in [1.82, 2.24) is 10.2 Å². The van der Waals surface area contributed by atoms with Crippen molar-refractivity contribution in [3.8, 4) is 0 Å². The highest BCUT2D eigenvalue weighted by molar-refractivity contribution is 6.10. The van der Waals surface area contributed by atoms with Gasteiger partial charge in [-0.25, -0.2) is 0 Å². The van der Waals surface area contributed by atoms with Gasteiger partial charge in [-0.1, -0.05) is 0 Å². The van der Waals surface area contributed by atoms with E-state index in [1.165, 1.54) is 12.4 Å². The van der Waals surface area contributed by atoms with E-state index in [1.54, 1.807) is 0 Å². The van der Waals surface area contributed by atoms with Crippen molar-refractivity contribution in [1.29, 1.82) is 0 Å². The number of nitrogens with zero attached hydrogens (tertiary/aromatic N) is 2. The minimum absolute atomic E-state index is 0.294. The molecule has 0 atom stereocenters. The van der Waals surface area contributed by atoms with Gasteiger partial charge in [-0.05, 0) is 0 Å².